The molecule has 1 heterocycles. The van der Waals surface area contributed by atoms with Gasteiger partial charge in [0.15, 0.2) is 0 Å². The molecule has 1 saturated heterocycles. The van der Waals surface area contributed by atoms with Gasteiger partial charge in [-0.15, -0.1) is 0 Å². The zero-order valence-electron chi connectivity index (χ0n) is 14.0. The fourth-order valence-corrected chi connectivity index (χ4v) is 2.77. The first-order chi connectivity index (χ1) is 11.0. The smallest absolute Gasteiger partial charge is 0.407 e. The lowest BCUT2D eigenvalue weighted by molar-refractivity contribution is -0.134. The van der Waals surface area contributed by atoms with Crippen LogP contribution in [0.1, 0.15) is 18.1 Å². The number of nitrogens with zero attached hydrogens (tertiary/aromatic N) is 2. The normalized spacial score (nSPS) is 16.7. The number of rotatable bonds is 4. The summed E-state index contributed by atoms with van der Waals surface area (Å²) in [5, 5.41) is 2.52. The third-order valence-electron chi connectivity index (χ3n) is 4.06. The van der Waals surface area contributed by atoms with Gasteiger partial charge in [0.05, 0.1) is 7.11 Å². The summed E-state index contributed by atoms with van der Waals surface area (Å²) < 4.78 is 4.52. The van der Waals surface area contributed by atoms with E-state index in [1.54, 1.807) is 11.8 Å². The van der Waals surface area contributed by atoms with Gasteiger partial charge in [-0.1, -0.05) is 29.8 Å². The Morgan fingerprint density at radius 2 is 1.96 bits per heavy atom. The van der Waals surface area contributed by atoms with Gasteiger partial charge in [0.25, 0.3) is 0 Å². The third-order valence-corrected chi connectivity index (χ3v) is 4.06. The zero-order chi connectivity index (χ0) is 16.8. The van der Waals surface area contributed by atoms with Crippen molar-refractivity contribution in [2.45, 2.75) is 26.4 Å². The Bertz CT molecular complexity index is 554. The van der Waals surface area contributed by atoms with Crippen LogP contribution in [0.5, 0.6) is 0 Å². The fourth-order valence-electron chi connectivity index (χ4n) is 2.77. The maximum atomic E-state index is 12.3. The van der Waals surface area contributed by atoms with E-state index < -0.39 is 12.1 Å². The number of piperazine rings is 1. The second-order valence-electron chi connectivity index (χ2n) is 5.95. The van der Waals surface area contributed by atoms with E-state index in [4.69, 9.17) is 0 Å². The molecule has 1 aromatic carbocycles. The molecule has 1 aliphatic heterocycles. The average molecular weight is 319 g/mol. The molecule has 0 spiro atoms. The number of amides is 2. The molecule has 2 amide bonds. The summed E-state index contributed by atoms with van der Waals surface area (Å²) in [5.74, 6) is -0.0643. The van der Waals surface area contributed by atoms with Crippen LogP contribution < -0.4 is 5.32 Å². The van der Waals surface area contributed by atoms with Crippen LogP contribution in [0.3, 0.4) is 0 Å². The van der Waals surface area contributed by atoms with Crippen LogP contribution in [-0.4, -0.2) is 61.1 Å². The molecule has 0 aromatic heterocycles. The van der Waals surface area contributed by atoms with Gasteiger partial charge in [0.2, 0.25) is 5.91 Å². The molecule has 126 valence electrons. The van der Waals surface area contributed by atoms with E-state index in [2.05, 4.69) is 46.1 Å². The highest BCUT2D eigenvalue weighted by molar-refractivity contribution is 5.85. The molecule has 2 rings (SSSR count). The van der Waals surface area contributed by atoms with Crippen LogP contribution >= 0.6 is 0 Å². The maximum absolute atomic E-state index is 12.3. The Hall–Kier alpha value is -2.08. The number of hydrogen-bond acceptors (Lipinski definition) is 4. The standard InChI is InChI=1S/C17H25N3O3/c1-13-5-4-6-15(11-13)12-19-7-9-20(10-8-19)16(21)14(2)18-17(22)23-3/h4-6,11,14H,7-10,12H2,1-3H3,(H,18,22)/t14-/m0/s1. The summed E-state index contributed by atoms with van der Waals surface area (Å²) in [5.41, 5.74) is 2.56. The second-order valence-corrected chi connectivity index (χ2v) is 5.95. The van der Waals surface area contributed by atoms with Gasteiger partial charge in [0, 0.05) is 32.7 Å². The minimum Gasteiger partial charge on any atom is -0.453 e. The maximum Gasteiger partial charge on any atom is 0.407 e. The van der Waals surface area contributed by atoms with Gasteiger partial charge in [-0.2, -0.15) is 0 Å². The molecule has 0 saturated carbocycles. The van der Waals surface area contributed by atoms with Crippen molar-refractivity contribution in [3.05, 3.63) is 35.4 Å². The quantitative estimate of drug-likeness (QED) is 0.911. The van der Waals surface area contributed by atoms with Gasteiger partial charge in [-0.3, -0.25) is 9.69 Å². The molecule has 0 aliphatic carbocycles. The summed E-state index contributed by atoms with van der Waals surface area (Å²) in [6.07, 6.45) is -0.580. The Balaban J connectivity index is 1.81. The Morgan fingerprint density at radius 1 is 1.26 bits per heavy atom. The third kappa shape index (κ3) is 4.96. The SMILES string of the molecule is COC(=O)N[C@@H](C)C(=O)N1CCN(Cc2cccc(C)c2)CC1. The van der Waals surface area contributed by atoms with Gasteiger partial charge >= 0.3 is 6.09 Å². The molecule has 0 unspecified atom stereocenters. The largest absolute Gasteiger partial charge is 0.453 e. The molecule has 1 fully saturated rings. The number of nitrogens with one attached hydrogen (secondary N) is 1. The van der Waals surface area contributed by atoms with Crippen molar-refractivity contribution in [3.63, 3.8) is 0 Å². The van der Waals surface area contributed by atoms with Crippen molar-refractivity contribution >= 4 is 12.0 Å². The van der Waals surface area contributed by atoms with Crippen LogP contribution in [0.25, 0.3) is 0 Å². The highest BCUT2D eigenvalue weighted by Crippen LogP contribution is 2.11. The molecule has 6 nitrogen and oxygen atoms in total. The van der Waals surface area contributed by atoms with Gasteiger partial charge in [0.1, 0.15) is 6.04 Å². The van der Waals surface area contributed by atoms with Crippen LogP contribution in [0.4, 0.5) is 4.79 Å². The number of carbonyl (C=O) groups excluding carboxylic acids is 2. The van der Waals surface area contributed by atoms with Crippen molar-refractivity contribution in [1.29, 1.82) is 0 Å². The van der Waals surface area contributed by atoms with E-state index >= 15 is 0 Å². The minimum absolute atomic E-state index is 0.0643. The molecule has 6 heteroatoms. The second kappa shape index (κ2) is 7.97. The number of benzene rings is 1. The summed E-state index contributed by atoms with van der Waals surface area (Å²) >= 11 is 0. The monoisotopic (exact) mass is 319 g/mol. The van der Waals surface area contributed by atoms with Crippen molar-refractivity contribution in [3.8, 4) is 0 Å². The summed E-state index contributed by atoms with van der Waals surface area (Å²) in [6, 6.07) is 7.93. The van der Waals surface area contributed by atoms with Gasteiger partial charge in [-0.25, -0.2) is 4.79 Å². The minimum atomic E-state index is -0.580. The van der Waals surface area contributed by atoms with E-state index in [0.29, 0.717) is 13.1 Å². The molecular formula is C17H25N3O3. The first-order valence-corrected chi connectivity index (χ1v) is 7.90. The van der Waals surface area contributed by atoms with Crippen LogP contribution in [0.2, 0.25) is 0 Å². The lowest BCUT2D eigenvalue weighted by Crippen LogP contribution is -2.53. The predicted octanol–water partition coefficient (Wildman–Crippen LogP) is 1.38. The summed E-state index contributed by atoms with van der Waals surface area (Å²) in [6.45, 7) is 7.71. The zero-order valence-corrected chi connectivity index (χ0v) is 14.0. The number of methoxy groups -OCH3 is 1. The lowest BCUT2D eigenvalue weighted by Gasteiger charge is -2.36. The first-order valence-electron chi connectivity index (χ1n) is 7.90. The molecule has 1 aromatic rings. The Morgan fingerprint density at radius 3 is 2.57 bits per heavy atom. The molecule has 23 heavy (non-hydrogen) atoms. The number of aryl methyl sites for hydroxylation is 1. The predicted molar refractivity (Wildman–Crippen MR) is 88.0 cm³/mol. The number of ether oxygens (including phenoxy) is 1. The van der Waals surface area contributed by atoms with Crippen molar-refractivity contribution in [2.24, 2.45) is 0 Å². The van der Waals surface area contributed by atoms with E-state index in [1.165, 1.54) is 18.2 Å². The number of carbonyl (C=O) groups is 2. The highest BCUT2D eigenvalue weighted by atomic mass is 16.5. The first kappa shape index (κ1) is 17.3. The molecule has 1 aliphatic rings. The number of hydrogen-bond donors (Lipinski definition) is 1. The number of alkyl carbamates (subject to hydrolysis) is 1. The Kier molecular flexibility index (Phi) is 5.98. The summed E-state index contributed by atoms with van der Waals surface area (Å²) in [7, 11) is 1.29. The average Bonchev–Trinajstić information content (AvgIpc) is 2.54. The van der Waals surface area contributed by atoms with Crippen molar-refractivity contribution in [2.75, 3.05) is 33.3 Å². The Labute approximate surface area is 137 Å². The topological polar surface area (TPSA) is 61.9 Å². The van der Waals surface area contributed by atoms with Crippen LogP contribution in [0, 0.1) is 6.92 Å². The summed E-state index contributed by atoms with van der Waals surface area (Å²) in [4.78, 5) is 27.6. The lowest BCUT2D eigenvalue weighted by atomic mass is 10.1. The van der Waals surface area contributed by atoms with Crippen molar-refractivity contribution < 1.29 is 14.3 Å². The molecule has 1 atom stereocenters. The van der Waals surface area contributed by atoms with Crippen molar-refractivity contribution in [1.82, 2.24) is 15.1 Å². The van der Waals surface area contributed by atoms with E-state index in [-0.39, 0.29) is 5.91 Å². The van der Waals surface area contributed by atoms with Crippen LogP contribution in [-0.2, 0) is 16.1 Å². The molecule has 1 N–H and O–H groups in total. The molecule has 0 radical (unpaired) electrons. The molecular weight excluding hydrogens is 294 g/mol. The van der Waals surface area contributed by atoms with E-state index in [1.807, 2.05) is 0 Å². The molecule has 0 bridgehead atoms. The van der Waals surface area contributed by atoms with Gasteiger partial charge in [-0.05, 0) is 19.4 Å². The van der Waals surface area contributed by atoms with E-state index in [9.17, 15) is 9.59 Å². The van der Waals surface area contributed by atoms with Gasteiger partial charge < -0.3 is 15.0 Å². The van der Waals surface area contributed by atoms with E-state index in [0.717, 1.165) is 19.6 Å². The fraction of sp³-hybridized carbons (Fsp3) is 0.529. The van der Waals surface area contributed by atoms with Crippen LogP contribution in [0.15, 0.2) is 24.3 Å². The highest BCUT2D eigenvalue weighted by Gasteiger charge is 2.25.